The lowest BCUT2D eigenvalue weighted by Gasteiger charge is -2.30. The van der Waals surface area contributed by atoms with Crippen LogP contribution in [0.2, 0.25) is 5.02 Å². The molecule has 1 aromatic carbocycles. The fourth-order valence-corrected chi connectivity index (χ4v) is 3.34. The van der Waals surface area contributed by atoms with Crippen molar-refractivity contribution in [1.29, 1.82) is 0 Å². The minimum atomic E-state index is 0.455. The minimum absolute atomic E-state index is 0.455. The van der Waals surface area contributed by atoms with Gasteiger partial charge >= 0.3 is 0 Å². The largest absolute Gasteiger partial charge is 0.492 e. The molecule has 2 heterocycles. The average molecular weight is 281 g/mol. The number of para-hydroxylation sites is 1. The summed E-state index contributed by atoms with van der Waals surface area (Å²) in [5.41, 5.74) is 1.27. The first-order valence-electron chi connectivity index (χ1n) is 7.22. The van der Waals surface area contributed by atoms with Crippen LogP contribution >= 0.6 is 11.6 Å². The number of benzene rings is 1. The van der Waals surface area contributed by atoms with Gasteiger partial charge in [-0.25, -0.2) is 0 Å². The molecule has 0 radical (unpaired) electrons. The first-order valence-corrected chi connectivity index (χ1v) is 7.60. The van der Waals surface area contributed by atoms with Gasteiger partial charge in [-0.15, -0.1) is 0 Å². The normalized spacial score (nSPS) is 25.0. The second-order valence-corrected chi connectivity index (χ2v) is 5.71. The highest BCUT2D eigenvalue weighted by atomic mass is 35.5. The van der Waals surface area contributed by atoms with Crippen LogP contribution in [0.5, 0.6) is 5.75 Å². The maximum absolute atomic E-state index is 6.30. The summed E-state index contributed by atoms with van der Waals surface area (Å²) in [4.78, 5) is 2.59. The third kappa shape index (κ3) is 2.88. The number of nitrogens with one attached hydrogen (secondary N) is 1. The Labute approximate surface area is 119 Å². The molecule has 2 aliphatic heterocycles. The van der Waals surface area contributed by atoms with Gasteiger partial charge < -0.3 is 10.1 Å². The zero-order valence-electron chi connectivity index (χ0n) is 11.2. The lowest BCUT2D eigenvalue weighted by molar-refractivity contribution is 0.199. The molecule has 1 N–H and O–H groups in total. The van der Waals surface area contributed by atoms with Gasteiger partial charge in [0.25, 0.3) is 0 Å². The summed E-state index contributed by atoms with van der Waals surface area (Å²) >= 11 is 6.30. The summed E-state index contributed by atoms with van der Waals surface area (Å²) < 4.78 is 5.86. The van der Waals surface area contributed by atoms with Gasteiger partial charge in [-0.2, -0.15) is 0 Å². The SMILES string of the molecule is Clc1cccc2c1OCCCC2N1CCCNCC1. The van der Waals surface area contributed by atoms with Crippen LogP contribution in [0.4, 0.5) is 0 Å². The van der Waals surface area contributed by atoms with E-state index >= 15 is 0 Å². The smallest absolute Gasteiger partial charge is 0.142 e. The van der Waals surface area contributed by atoms with E-state index in [4.69, 9.17) is 16.3 Å². The molecule has 104 valence electrons. The van der Waals surface area contributed by atoms with Gasteiger partial charge in [0.05, 0.1) is 11.6 Å². The molecule has 0 saturated carbocycles. The summed E-state index contributed by atoms with van der Waals surface area (Å²) in [6.07, 6.45) is 3.47. The van der Waals surface area contributed by atoms with Gasteiger partial charge in [-0.05, 0) is 31.9 Å². The van der Waals surface area contributed by atoms with Gasteiger partial charge in [-0.1, -0.05) is 23.7 Å². The van der Waals surface area contributed by atoms with E-state index in [1.165, 1.54) is 12.0 Å². The second-order valence-electron chi connectivity index (χ2n) is 5.30. The van der Waals surface area contributed by atoms with Gasteiger partial charge in [-0.3, -0.25) is 4.90 Å². The maximum atomic E-state index is 6.30. The van der Waals surface area contributed by atoms with Gasteiger partial charge in [0.1, 0.15) is 5.75 Å². The molecule has 3 nitrogen and oxygen atoms in total. The summed E-state index contributed by atoms with van der Waals surface area (Å²) in [5.74, 6) is 0.906. The standard InChI is InChI=1S/C15H21ClN2O/c16-13-5-1-4-12-14(6-2-11-19-15(12)13)18-9-3-7-17-8-10-18/h1,4-5,14,17H,2-3,6-11H2. The molecule has 4 heteroatoms. The summed E-state index contributed by atoms with van der Waals surface area (Å²) in [6.45, 7) is 5.24. The Kier molecular flexibility index (Phi) is 4.26. The van der Waals surface area contributed by atoms with Crippen LogP contribution < -0.4 is 10.1 Å². The van der Waals surface area contributed by atoms with Gasteiger partial charge in [0, 0.05) is 31.2 Å². The molecule has 0 aliphatic carbocycles. The van der Waals surface area contributed by atoms with E-state index in [2.05, 4.69) is 16.3 Å². The van der Waals surface area contributed by atoms with Crippen molar-refractivity contribution in [2.45, 2.75) is 25.3 Å². The van der Waals surface area contributed by atoms with E-state index in [0.29, 0.717) is 6.04 Å². The van der Waals surface area contributed by atoms with Crippen LogP contribution in [0.3, 0.4) is 0 Å². The van der Waals surface area contributed by atoms with Crippen molar-refractivity contribution in [3.05, 3.63) is 28.8 Å². The molecule has 3 rings (SSSR count). The second kappa shape index (κ2) is 6.12. The summed E-state index contributed by atoms with van der Waals surface area (Å²) in [6, 6.07) is 6.59. The number of hydrogen-bond donors (Lipinski definition) is 1. The molecular formula is C15H21ClN2O. The molecule has 1 aromatic rings. The van der Waals surface area contributed by atoms with E-state index in [1.807, 2.05) is 12.1 Å². The van der Waals surface area contributed by atoms with Crippen molar-refractivity contribution in [3.63, 3.8) is 0 Å². The molecule has 1 unspecified atom stereocenters. The van der Waals surface area contributed by atoms with Crippen LogP contribution in [0.25, 0.3) is 0 Å². The monoisotopic (exact) mass is 280 g/mol. The van der Waals surface area contributed by atoms with Crippen LogP contribution in [-0.2, 0) is 0 Å². The molecule has 1 fully saturated rings. The molecule has 0 aromatic heterocycles. The number of rotatable bonds is 1. The molecule has 0 amide bonds. The lowest BCUT2D eigenvalue weighted by Crippen LogP contribution is -2.32. The predicted octanol–water partition coefficient (Wildman–Crippen LogP) is 2.85. The molecular weight excluding hydrogens is 260 g/mol. The van der Waals surface area contributed by atoms with E-state index in [1.54, 1.807) is 0 Å². The molecule has 2 aliphatic rings. The average Bonchev–Trinajstić information content (AvgIpc) is 2.79. The first-order chi connectivity index (χ1) is 9.36. The number of ether oxygens (including phenoxy) is 1. The Hall–Kier alpha value is -0.770. The highest BCUT2D eigenvalue weighted by Crippen LogP contribution is 2.39. The molecule has 1 atom stereocenters. The van der Waals surface area contributed by atoms with Crippen molar-refractivity contribution >= 4 is 11.6 Å². The Balaban J connectivity index is 1.90. The van der Waals surface area contributed by atoms with Crippen LogP contribution in [-0.4, -0.2) is 37.7 Å². The van der Waals surface area contributed by atoms with Gasteiger partial charge in [0.15, 0.2) is 0 Å². The van der Waals surface area contributed by atoms with E-state index < -0.39 is 0 Å². The fraction of sp³-hybridized carbons (Fsp3) is 0.600. The minimum Gasteiger partial charge on any atom is -0.492 e. The van der Waals surface area contributed by atoms with Gasteiger partial charge in [0.2, 0.25) is 0 Å². The Morgan fingerprint density at radius 1 is 1.21 bits per heavy atom. The van der Waals surface area contributed by atoms with E-state index in [0.717, 1.165) is 56.4 Å². The van der Waals surface area contributed by atoms with E-state index in [9.17, 15) is 0 Å². The highest BCUT2D eigenvalue weighted by molar-refractivity contribution is 6.32. The summed E-state index contributed by atoms with van der Waals surface area (Å²) in [5, 5.41) is 4.22. The van der Waals surface area contributed by atoms with Crippen molar-refractivity contribution in [2.75, 3.05) is 32.8 Å². The fourth-order valence-electron chi connectivity index (χ4n) is 3.10. The first kappa shape index (κ1) is 13.2. The van der Waals surface area contributed by atoms with Crippen LogP contribution in [0.15, 0.2) is 18.2 Å². The molecule has 0 bridgehead atoms. The number of halogens is 1. The summed E-state index contributed by atoms with van der Waals surface area (Å²) in [7, 11) is 0. The number of nitrogens with zero attached hydrogens (tertiary/aromatic N) is 1. The van der Waals surface area contributed by atoms with Crippen molar-refractivity contribution in [2.24, 2.45) is 0 Å². The van der Waals surface area contributed by atoms with Crippen LogP contribution in [0, 0.1) is 0 Å². The lowest BCUT2D eigenvalue weighted by atomic mass is 10.00. The van der Waals surface area contributed by atoms with Crippen LogP contribution in [0.1, 0.15) is 30.9 Å². The Morgan fingerprint density at radius 3 is 3.11 bits per heavy atom. The third-order valence-electron chi connectivity index (χ3n) is 4.04. The zero-order chi connectivity index (χ0) is 13.1. The zero-order valence-corrected chi connectivity index (χ0v) is 12.0. The third-order valence-corrected chi connectivity index (χ3v) is 4.34. The molecule has 0 spiro atoms. The Bertz CT molecular complexity index is 430. The predicted molar refractivity (Wildman–Crippen MR) is 78.0 cm³/mol. The topological polar surface area (TPSA) is 24.5 Å². The molecule has 1 saturated heterocycles. The van der Waals surface area contributed by atoms with Crippen molar-refractivity contribution in [1.82, 2.24) is 10.2 Å². The van der Waals surface area contributed by atoms with Crippen molar-refractivity contribution in [3.8, 4) is 5.75 Å². The Morgan fingerprint density at radius 2 is 2.16 bits per heavy atom. The quantitative estimate of drug-likeness (QED) is 0.856. The maximum Gasteiger partial charge on any atom is 0.142 e. The number of hydrogen-bond acceptors (Lipinski definition) is 3. The van der Waals surface area contributed by atoms with Crippen molar-refractivity contribution < 1.29 is 4.74 Å². The molecule has 19 heavy (non-hydrogen) atoms. The number of fused-ring (bicyclic) bond motifs is 1. The van der Waals surface area contributed by atoms with E-state index in [-0.39, 0.29) is 0 Å². The highest BCUT2D eigenvalue weighted by Gasteiger charge is 2.27.